The van der Waals surface area contributed by atoms with Crippen molar-refractivity contribution in [3.63, 3.8) is 0 Å². The van der Waals surface area contributed by atoms with Gasteiger partial charge in [-0.05, 0) is 18.6 Å². The van der Waals surface area contributed by atoms with Crippen LogP contribution in [0.25, 0.3) is 11.0 Å². The molecular formula is C17H23N5O4. The highest BCUT2D eigenvalue weighted by Gasteiger charge is 2.21. The van der Waals surface area contributed by atoms with Crippen molar-refractivity contribution >= 4 is 29.2 Å². The molecule has 0 unspecified atom stereocenters. The second-order valence-corrected chi connectivity index (χ2v) is 5.97. The van der Waals surface area contributed by atoms with Gasteiger partial charge < -0.3 is 4.98 Å². The van der Waals surface area contributed by atoms with E-state index in [0.717, 1.165) is 19.3 Å². The van der Waals surface area contributed by atoms with Crippen LogP contribution in [0.15, 0.2) is 29.1 Å². The van der Waals surface area contributed by atoms with E-state index in [0.29, 0.717) is 22.5 Å². The maximum absolute atomic E-state index is 12.4. The summed E-state index contributed by atoms with van der Waals surface area (Å²) < 4.78 is 0. The third-order valence-corrected chi connectivity index (χ3v) is 3.96. The van der Waals surface area contributed by atoms with Crippen LogP contribution in [0.4, 0.5) is 5.82 Å². The van der Waals surface area contributed by atoms with Gasteiger partial charge in [0.15, 0.2) is 0 Å². The summed E-state index contributed by atoms with van der Waals surface area (Å²) in [6.45, 7) is 1.92. The zero-order valence-corrected chi connectivity index (χ0v) is 14.6. The molecule has 2 amide bonds. The summed E-state index contributed by atoms with van der Waals surface area (Å²) in [6.07, 6.45) is 3.47. The summed E-state index contributed by atoms with van der Waals surface area (Å²) >= 11 is 0. The van der Waals surface area contributed by atoms with Gasteiger partial charge in [-0.2, -0.15) is 0 Å². The van der Waals surface area contributed by atoms with E-state index in [1.54, 1.807) is 24.3 Å². The first kappa shape index (κ1) is 19.4. The highest BCUT2D eigenvalue weighted by molar-refractivity contribution is 5.80. The smallest absolute Gasteiger partial charge is 0.292 e. The second-order valence-electron chi connectivity index (χ2n) is 5.97. The van der Waals surface area contributed by atoms with Crippen molar-refractivity contribution < 1.29 is 14.8 Å². The number of nitrogens with zero attached hydrogens (tertiary/aromatic N) is 2. The zero-order valence-electron chi connectivity index (χ0n) is 14.6. The summed E-state index contributed by atoms with van der Waals surface area (Å²) in [5.74, 6) is -1.08. The highest BCUT2D eigenvalue weighted by atomic mass is 16.5. The number of hydrogen-bond donors (Lipinski definition) is 4. The molecule has 2 rings (SSSR count). The van der Waals surface area contributed by atoms with Crippen molar-refractivity contribution in [3.8, 4) is 0 Å². The Kier molecular flexibility index (Phi) is 7.10. The van der Waals surface area contributed by atoms with Gasteiger partial charge in [-0.3, -0.25) is 30.4 Å². The van der Waals surface area contributed by atoms with Gasteiger partial charge in [0.1, 0.15) is 0 Å². The number of benzene rings is 1. The molecule has 0 bridgehead atoms. The van der Waals surface area contributed by atoms with Crippen LogP contribution in [-0.2, 0) is 9.59 Å². The molecule has 1 aromatic carbocycles. The van der Waals surface area contributed by atoms with Gasteiger partial charge in [0.25, 0.3) is 5.56 Å². The van der Waals surface area contributed by atoms with Crippen molar-refractivity contribution in [2.45, 2.75) is 32.6 Å². The number of hydrogen-bond acceptors (Lipinski definition) is 6. The molecule has 2 aromatic rings. The Balaban J connectivity index is 2.04. The Morgan fingerprint density at radius 2 is 2.15 bits per heavy atom. The SMILES string of the molecule is CCCCC[C@H](CN(O)C=O)C(=O)NNc1nc2ccccc2[nH]c1=O. The average molecular weight is 361 g/mol. The summed E-state index contributed by atoms with van der Waals surface area (Å²) in [5, 5.41) is 9.82. The van der Waals surface area contributed by atoms with E-state index in [2.05, 4.69) is 20.8 Å². The van der Waals surface area contributed by atoms with Gasteiger partial charge >= 0.3 is 0 Å². The second kappa shape index (κ2) is 9.52. The van der Waals surface area contributed by atoms with E-state index in [1.807, 2.05) is 6.92 Å². The summed E-state index contributed by atoms with van der Waals surface area (Å²) in [4.78, 5) is 41.8. The van der Waals surface area contributed by atoms with Crippen LogP contribution in [0.5, 0.6) is 0 Å². The van der Waals surface area contributed by atoms with Crippen LogP contribution in [0.2, 0.25) is 0 Å². The van der Waals surface area contributed by atoms with Crippen LogP contribution in [0.1, 0.15) is 32.6 Å². The molecule has 0 saturated carbocycles. The largest absolute Gasteiger partial charge is 0.317 e. The number of para-hydroxylation sites is 2. The van der Waals surface area contributed by atoms with Crippen molar-refractivity contribution in [3.05, 3.63) is 34.6 Å². The number of carbonyl (C=O) groups excluding carboxylic acids is 2. The number of nitrogens with one attached hydrogen (secondary N) is 3. The molecule has 140 valence electrons. The predicted octanol–water partition coefficient (Wildman–Crippen LogP) is 1.41. The molecule has 26 heavy (non-hydrogen) atoms. The summed E-state index contributed by atoms with van der Waals surface area (Å²) in [6, 6.07) is 7.03. The third kappa shape index (κ3) is 5.28. The Hall–Kier alpha value is -2.94. The van der Waals surface area contributed by atoms with Gasteiger partial charge in [0, 0.05) is 0 Å². The minimum Gasteiger partial charge on any atom is -0.317 e. The van der Waals surface area contributed by atoms with Gasteiger partial charge in [0.05, 0.1) is 23.5 Å². The van der Waals surface area contributed by atoms with Gasteiger partial charge in [0.2, 0.25) is 18.1 Å². The lowest BCUT2D eigenvalue weighted by atomic mass is 10.0. The van der Waals surface area contributed by atoms with Crippen LogP contribution in [0, 0.1) is 5.92 Å². The minimum atomic E-state index is -0.608. The van der Waals surface area contributed by atoms with Crippen molar-refractivity contribution in [1.82, 2.24) is 20.5 Å². The van der Waals surface area contributed by atoms with Crippen molar-refractivity contribution in [2.75, 3.05) is 12.0 Å². The zero-order chi connectivity index (χ0) is 18.9. The molecule has 1 heterocycles. The first-order valence-corrected chi connectivity index (χ1v) is 8.51. The normalized spacial score (nSPS) is 11.8. The molecule has 0 fully saturated rings. The number of carbonyl (C=O) groups is 2. The fourth-order valence-corrected chi connectivity index (χ4v) is 2.55. The fourth-order valence-electron chi connectivity index (χ4n) is 2.55. The van der Waals surface area contributed by atoms with E-state index < -0.39 is 17.4 Å². The van der Waals surface area contributed by atoms with Crippen LogP contribution in [0.3, 0.4) is 0 Å². The summed E-state index contributed by atoms with van der Waals surface area (Å²) in [7, 11) is 0. The van der Waals surface area contributed by atoms with Crippen LogP contribution < -0.4 is 16.4 Å². The lowest BCUT2D eigenvalue weighted by Gasteiger charge is -2.19. The number of fused-ring (bicyclic) bond motifs is 1. The number of hydroxylamine groups is 2. The molecule has 0 radical (unpaired) electrons. The van der Waals surface area contributed by atoms with Crippen LogP contribution >= 0.6 is 0 Å². The molecule has 1 aromatic heterocycles. The molecule has 4 N–H and O–H groups in total. The van der Waals surface area contributed by atoms with Crippen molar-refractivity contribution in [2.24, 2.45) is 5.92 Å². The first-order chi connectivity index (χ1) is 12.5. The molecule has 0 aliphatic heterocycles. The number of hydrazine groups is 1. The Labute approximate surface area is 150 Å². The van der Waals surface area contributed by atoms with E-state index in [1.165, 1.54) is 0 Å². The van der Waals surface area contributed by atoms with Gasteiger partial charge in [-0.1, -0.05) is 38.3 Å². The third-order valence-electron chi connectivity index (χ3n) is 3.96. The Bertz CT molecular complexity index is 807. The molecule has 9 heteroatoms. The maximum Gasteiger partial charge on any atom is 0.292 e. The average Bonchev–Trinajstić information content (AvgIpc) is 2.65. The number of unbranched alkanes of at least 4 members (excludes halogenated alkanes) is 2. The summed E-state index contributed by atoms with van der Waals surface area (Å²) in [5.41, 5.74) is 5.66. The minimum absolute atomic E-state index is 0.0411. The lowest BCUT2D eigenvalue weighted by Crippen LogP contribution is -2.41. The van der Waals surface area contributed by atoms with E-state index >= 15 is 0 Å². The monoisotopic (exact) mass is 361 g/mol. The number of aromatic amines is 1. The van der Waals surface area contributed by atoms with Crippen LogP contribution in [-0.4, -0.2) is 39.1 Å². The molecule has 1 atom stereocenters. The molecule has 0 aliphatic carbocycles. The number of aromatic nitrogens is 2. The topological polar surface area (TPSA) is 127 Å². The molecule has 0 spiro atoms. The number of H-pyrrole nitrogens is 1. The number of anilines is 1. The van der Waals surface area contributed by atoms with E-state index in [-0.39, 0.29) is 18.8 Å². The first-order valence-electron chi connectivity index (χ1n) is 8.51. The lowest BCUT2D eigenvalue weighted by molar-refractivity contribution is -0.154. The predicted molar refractivity (Wildman–Crippen MR) is 96.3 cm³/mol. The Morgan fingerprint density at radius 1 is 1.38 bits per heavy atom. The van der Waals surface area contributed by atoms with E-state index in [4.69, 9.17) is 0 Å². The molecule has 9 nitrogen and oxygen atoms in total. The fraction of sp³-hybridized carbons (Fsp3) is 0.412. The highest BCUT2D eigenvalue weighted by Crippen LogP contribution is 2.12. The number of amides is 2. The standard InChI is InChI=1S/C17H23N5O4/c1-2-3-4-7-12(10-22(26)11-23)16(24)21-20-15-17(25)19-14-9-6-5-8-13(14)18-15/h5-6,8-9,11-12,26H,2-4,7,10H2,1H3,(H,18,20)(H,19,25)(H,21,24)/t12-/m1/s1. The van der Waals surface area contributed by atoms with Gasteiger partial charge in [-0.15, -0.1) is 0 Å². The van der Waals surface area contributed by atoms with E-state index in [9.17, 15) is 19.6 Å². The molecular weight excluding hydrogens is 338 g/mol. The Morgan fingerprint density at radius 3 is 2.88 bits per heavy atom. The van der Waals surface area contributed by atoms with Gasteiger partial charge in [-0.25, -0.2) is 10.0 Å². The quantitative estimate of drug-likeness (QED) is 0.219. The van der Waals surface area contributed by atoms with Crippen molar-refractivity contribution in [1.29, 1.82) is 0 Å². The number of rotatable bonds is 10. The molecule has 0 saturated heterocycles. The molecule has 0 aliphatic rings. The maximum atomic E-state index is 12.4.